The summed E-state index contributed by atoms with van der Waals surface area (Å²) in [6, 6.07) is 0. The van der Waals surface area contributed by atoms with E-state index in [0.29, 0.717) is 18.4 Å². The first-order chi connectivity index (χ1) is 8.66. The average Bonchev–Trinajstić information content (AvgIpc) is 2.83. The molecule has 1 aromatic heterocycles. The molecule has 100 valence electrons. The van der Waals surface area contributed by atoms with Crippen molar-refractivity contribution in [1.82, 2.24) is 9.88 Å². The molecule has 0 amide bonds. The molecule has 0 radical (unpaired) electrons. The molecule has 1 fully saturated rings. The Balaban J connectivity index is 1.88. The van der Waals surface area contributed by atoms with E-state index >= 15 is 0 Å². The first-order valence-electron chi connectivity index (χ1n) is 6.21. The number of aliphatic imine (C=N–C) groups is 1. The Bertz CT molecular complexity index is 412. The molecule has 1 aromatic rings. The Morgan fingerprint density at radius 3 is 2.94 bits per heavy atom. The van der Waals surface area contributed by atoms with Crippen LogP contribution in [0.25, 0.3) is 0 Å². The topological polar surface area (TPSA) is 63.7 Å². The second kappa shape index (κ2) is 6.15. The maximum Gasteiger partial charge on any atom is 0.191 e. The van der Waals surface area contributed by atoms with Gasteiger partial charge in [-0.25, -0.2) is 4.98 Å². The van der Waals surface area contributed by atoms with Crippen LogP contribution in [0.5, 0.6) is 0 Å². The summed E-state index contributed by atoms with van der Waals surface area (Å²) in [4.78, 5) is 11.0. The van der Waals surface area contributed by atoms with Crippen molar-refractivity contribution in [1.29, 1.82) is 0 Å². The van der Waals surface area contributed by atoms with Crippen molar-refractivity contribution in [3.05, 3.63) is 16.1 Å². The summed E-state index contributed by atoms with van der Waals surface area (Å²) in [7, 11) is 0. The number of ether oxygens (including phenoxy) is 1. The molecule has 2 rings (SSSR count). The SMILES string of the molecule is Cc1csc(C(C)CN=C(N)N2CCOCC2)n1. The van der Waals surface area contributed by atoms with Crippen LogP contribution in [0.3, 0.4) is 0 Å². The summed E-state index contributed by atoms with van der Waals surface area (Å²) >= 11 is 1.69. The molecule has 1 saturated heterocycles. The molecule has 0 aliphatic carbocycles. The molecule has 0 saturated carbocycles. The molecular weight excluding hydrogens is 248 g/mol. The van der Waals surface area contributed by atoms with Crippen molar-refractivity contribution in [2.45, 2.75) is 19.8 Å². The fraction of sp³-hybridized carbons (Fsp3) is 0.667. The van der Waals surface area contributed by atoms with E-state index in [0.717, 1.165) is 37.0 Å². The van der Waals surface area contributed by atoms with E-state index in [1.54, 1.807) is 11.3 Å². The van der Waals surface area contributed by atoms with Crippen LogP contribution >= 0.6 is 11.3 Å². The molecule has 0 spiro atoms. The van der Waals surface area contributed by atoms with Crippen LogP contribution in [0.2, 0.25) is 0 Å². The molecular formula is C12H20N4OS. The number of nitrogens with zero attached hydrogens (tertiary/aromatic N) is 3. The molecule has 18 heavy (non-hydrogen) atoms. The van der Waals surface area contributed by atoms with E-state index in [-0.39, 0.29) is 0 Å². The van der Waals surface area contributed by atoms with E-state index in [9.17, 15) is 0 Å². The number of aryl methyl sites for hydroxylation is 1. The third-order valence-corrected chi connectivity index (χ3v) is 4.11. The number of aromatic nitrogens is 1. The maximum atomic E-state index is 5.98. The lowest BCUT2D eigenvalue weighted by Crippen LogP contribution is -2.45. The van der Waals surface area contributed by atoms with Gasteiger partial charge in [0.1, 0.15) is 0 Å². The van der Waals surface area contributed by atoms with E-state index in [1.807, 2.05) is 6.92 Å². The second-order valence-electron chi connectivity index (χ2n) is 4.53. The van der Waals surface area contributed by atoms with Gasteiger partial charge in [0.25, 0.3) is 0 Å². The van der Waals surface area contributed by atoms with Crippen LogP contribution in [0.1, 0.15) is 23.5 Å². The highest BCUT2D eigenvalue weighted by molar-refractivity contribution is 7.09. The van der Waals surface area contributed by atoms with Gasteiger partial charge in [-0.3, -0.25) is 4.99 Å². The highest BCUT2D eigenvalue weighted by Crippen LogP contribution is 2.19. The Labute approximate surface area is 112 Å². The molecule has 1 unspecified atom stereocenters. The van der Waals surface area contributed by atoms with E-state index in [1.165, 1.54) is 0 Å². The van der Waals surface area contributed by atoms with Crippen molar-refractivity contribution in [3.63, 3.8) is 0 Å². The minimum absolute atomic E-state index is 0.322. The number of morpholine rings is 1. The summed E-state index contributed by atoms with van der Waals surface area (Å²) in [5.41, 5.74) is 7.06. The molecule has 0 bridgehead atoms. The van der Waals surface area contributed by atoms with Crippen LogP contribution in [-0.4, -0.2) is 48.7 Å². The number of nitrogens with two attached hydrogens (primary N) is 1. The first kappa shape index (κ1) is 13.3. The lowest BCUT2D eigenvalue weighted by molar-refractivity contribution is 0.0674. The largest absolute Gasteiger partial charge is 0.378 e. The second-order valence-corrected chi connectivity index (χ2v) is 5.42. The molecule has 1 aliphatic heterocycles. The van der Waals surface area contributed by atoms with Crippen molar-refractivity contribution in [2.75, 3.05) is 32.8 Å². The van der Waals surface area contributed by atoms with Crippen LogP contribution in [-0.2, 0) is 4.74 Å². The third-order valence-electron chi connectivity index (χ3n) is 2.92. The van der Waals surface area contributed by atoms with Gasteiger partial charge < -0.3 is 15.4 Å². The molecule has 2 N–H and O–H groups in total. The van der Waals surface area contributed by atoms with E-state index < -0.39 is 0 Å². The number of thiazole rings is 1. The van der Waals surface area contributed by atoms with Crippen LogP contribution in [0, 0.1) is 6.92 Å². The van der Waals surface area contributed by atoms with Gasteiger partial charge >= 0.3 is 0 Å². The van der Waals surface area contributed by atoms with Gasteiger partial charge in [0.05, 0.1) is 24.8 Å². The molecule has 6 heteroatoms. The van der Waals surface area contributed by atoms with Gasteiger partial charge in [0.2, 0.25) is 0 Å². The van der Waals surface area contributed by atoms with Gasteiger partial charge in [-0.05, 0) is 6.92 Å². The van der Waals surface area contributed by atoms with Gasteiger partial charge in [0.15, 0.2) is 5.96 Å². The van der Waals surface area contributed by atoms with Crippen LogP contribution in [0.4, 0.5) is 0 Å². The number of hydrogen-bond donors (Lipinski definition) is 1. The molecule has 5 nitrogen and oxygen atoms in total. The predicted molar refractivity (Wildman–Crippen MR) is 74.1 cm³/mol. The average molecular weight is 268 g/mol. The Hall–Kier alpha value is -1.14. The molecule has 1 aliphatic rings. The fourth-order valence-corrected chi connectivity index (χ4v) is 2.65. The van der Waals surface area contributed by atoms with E-state index in [4.69, 9.17) is 10.5 Å². The summed E-state index contributed by atoms with van der Waals surface area (Å²) in [5, 5.41) is 3.20. The Kier molecular flexibility index (Phi) is 4.54. The normalized spacial score (nSPS) is 19.0. The molecule has 2 heterocycles. The summed E-state index contributed by atoms with van der Waals surface area (Å²) in [6.45, 7) is 7.97. The van der Waals surface area contributed by atoms with Crippen LogP contribution < -0.4 is 5.73 Å². The standard InChI is InChI=1S/C12H20N4OS/c1-9(11-15-10(2)8-18-11)7-14-12(13)16-3-5-17-6-4-16/h8-9H,3-7H2,1-2H3,(H2,13,14). The summed E-state index contributed by atoms with van der Waals surface area (Å²) in [6.07, 6.45) is 0. The van der Waals surface area contributed by atoms with Crippen molar-refractivity contribution < 1.29 is 4.74 Å². The van der Waals surface area contributed by atoms with Gasteiger partial charge in [-0.2, -0.15) is 0 Å². The summed E-state index contributed by atoms with van der Waals surface area (Å²) < 4.78 is 5.29. The van der Waals surface area contributed by atoms with Crippen molar-refractivity contribution in [3.8, 4) is 0 Å². The third kappa shape index (κ3) is 3.43. The van der Waals surface area contributed by atoms with Crippen molar-refractivity contribution in [2.24, 2.45) is 10.7 Å². The highest BCUT2D eigenvalue weighted by atomic mass is 32.1. The van der Waals surface area contributed by atoms with Gasteiger partial charge in [-0.1, -0.05) is 6.92 Å². The number of rotatable bonds is 3. The number of guanidine groups is 1. The van der Waals surface area contributed by atoms with E-state index in [2.05, 4.69) is 27.2 Å². The maximum absolute atomic E-state index is 5.98. The van der Waals surface area contributed by atoms with Crippen LogP contribution in [0.15, 0.2) is 10.4 Å². The lowest BCUT2D eigenvalue weighted by Gasteiger charge is -2.27. The quantitative estimate of drug-likeness (QED) is 0.661. The lowest BCUT2D eigenvalue weighted by atomic mass is 10.2. The first-order valence-corrected chi connectivity index (χ1v) is 7.09. The monoisotopic (exact) mass is 268 g/mol. The van der Waals surface area contributed by atoms with Gasteiger partial charge in [-0.15, -0.1) is 11.3 Å². The minimum Gasteiger partial charge on any atom is -0.378 e. The molecule has 1 atom stereocenters. The summed E-state index contributed by atoms with van der Waals surface area (Å²) in [5.74, 6) is 0.946. The smallest absolute Gasteiger partial charge is 0.191 e. The van der Waals surface area contributed by atoms with Crippen molar-refractivity contribution >= 4 is 17.3 Å². The zero-order valence-electron chi connectivity index (χ0n) is 10.9. The molecule has 0 aromatic carbocycles. The number of hydrogen-bond acceptors (Lipinski definition) is 4. The fourth-order valence-electron chi connectivity index (χ4n) is 1.80. The van der Waals surface area contributed by atoms with Gasteiger partial charge in [0, 0.05) is 30.1 Å². The predicted octanol–water partition coefficient (Wildman–Crippen LogP) is 1.20. The zero-order valence-corrected chi connectivity index (χ0v) is 11.7. The Morgan fingerprint density at radius 2 is 2.33 bits per heavy atom. The Morgan fingerprint density at radius 1 is 1.61 bits per heavy atom. The highest BCUT2D eigenvalue weighted by Gasteiger charge is 2.13. The minimum atomic E-state index is 0.322. The zero-order chi connectivity index (χ0) is 13.0.